The Balaban J connectivity index is 1.42. The first kappa shape index (κ1) is 19.4. The Hall–Kier alpha value is -3.91. The topological polar surface area (TPSA) is 108 Å². The number of halogens is 1. The van der Waals surface area contributed by atoms with Gasteiger partial charge in [0.2, 0.25) is 5.89 Å². The molecule has 0 saturated carbocycles. The Kier molecular flexibility index (Phi) is 5.32. The number of oxazole rings is 1. The van der Waals surface area contributed by atoms with Crippen LogP contribution in [0.15, 0.2) is 71.1 Å². The van der Waals surface area contributed by atoms with Gasteiger partial charge < -0.3 is 14.5 Å². The first-order chi connectivity index (χ1) is 14.5. The maximum Gasteiger partial charge on any atom is 0.269 e. The normalized spacial score (nSPS) is 10.7. The molecule has 9 heteroatoms. The molecule has 1 N–H and O–H groups in total. The van der Waals surface area contributed by atoms with Crippen LogP contribution in [0, 0.1) is 10.1 Å². The summed E-state index contributed by atoms with van der Waals surface area (Å²) in [6.45, 7) is -0.247. The molecule has 0 aliphatic carbocycles. The van der Waals surface area contributed by atoms with Gasteiger partial charge >= 0.3 is 0 Å². The van der Waals surface area contributed by atoms with Crippen molar-refractivity contribution < 1.29 is 18.9 Å². The van der Waals surface area contributed by atoms with Crippen molar-refractivity contribution in [3.63, 3.8) is 0 Å². The molecule has 0 saturated heterocycles. The zero-order valence-corrected chi connectivity index (χ0v) is 16.1. The molecule has 0 bridgehead atoms. The average Bonchev–Trinajstić information content (AvgIpc) is 3.16. The lowest BCUT2D eigenvalue weighted by Gasteiger charge is -2.08. The molecule has 0 aliphatic heterocycles. The number of aromatic nitrogens is 1. The number of anilines is 1. The minimum absolute atomic E-state index is 0.0508. The third-order valence-electron chi connectivity index (χ3n) is 4.16. The van der Waals surface area contributed by atoms with E-state index in [0.29, 0.717) is 39.0 Å². The molecule has 3 aromatic carbocycles. The van der Waals surface area contributed by atoms with Gasteiger partial charge in [0.05, 0.1) is 4.92 Å². The van der Waals surface area contributed by atoms with Crippen LogP contribution < -0.4 is 10.1 Å². The minimum Gasteiger partial charge on any atom is -0.484 e. The number of amides is 1. The number of nitro groups is 1. The van der Waals surface area contributed by atoms with Crippen molar-refractivity contribution in [2.45, 2.75) is 0 Å². The molecule has 0 radical (unpaired) electrons. The van der Waals surface area contributed by atoms with Crippen molar-refractivity contribution in [1.29, 1.82) is 0 Å². The van der Waals surface area contributed by atoms with Gasteiger partial charge in [-0.2, -0.15) is 0 Å². The molecule has 0 spiro atoms. The van der Waals surface area contributed by atoms with Gasteiger partial charge in [0.15, 0.2) is 12.2 Å². The number of benzene rings is 3. The maximum absolute atomic E-state index is 12.2. The first-order valence-corrected chi connectivity index (χ1v) is 9.19. The first-order valence-electron chi connectivity index (χ1n) is 8.81. The number of nitro benzene ring substituents is 1. The highest BCUT2D eigenvalue weighted by Gasteiger charge is 2.11. The quantitative estimate of drug-likeness (QED) is 0.342. The van der Waals surface area contributed by atoms with E-state index in [1.807, 2.05) is 6.07 Å². The number of rotatable bonds is 6. The van der Waals surface area contributed by atoms with Crippen molar-refractivity contribution in [2.24, 2.45) is 0 Å². The van der Waals surface area contributed by atoms with E-state index in [1.165, 1.54) is 24.3 Å². The van der Waals surface area contributed by atoms with Crippen molar-refractivity contribution >= 4 is 40.0 Å². The van der Waals surface area contributed by atoms with Crippen LogP contribution in [0.5, 0.6) is 5.75 Å². The Morgan fingerprint density at radius 1 is 1.13 bits per heavy atom. The number of carbonyl (C=O) groups is 1. The lowest BCUT2D eigenvalue weighted by Crippen LogP contribution is -2.20. The molecule has 0 fully saturated rings. The molecule has 0 aliphatic rings. The molecule has 4 rings (SSSR count). The van der Waals surface area contributed by atoms with Gasteiger partial charge in [-0.05, 0) is 48.5 Å². The van der Waals surface area contributed by atoms with Gasteiger partial charge in [-0.25, -0.2) is 4.98 Å². The third kappa shape index (κ3) is 4.39. The average molecular weight is 424 g/mol. The molecule has 30 heavy (non-hydrogen) atoms. The molecule has 0 atom stereocenters. The fourth-order valence-electron chi connectivity index (χ4n) is 2.76. The summed E-state index contributed by atoms with van der Waals surface area (Å²) in [6.07, 6.45) is 0. The van der Waals surface area contributed by atoms with Gasteiger partial charge in [-0.1, -0.05) is 17.7 Å². The van der Waals surface area contributed by atoms with Gasteiger partial charge in [0.1, 0.15) is 11.3 Å². The van der Waals surface area contributed by atoms with Crippen LogP contribution in [0.2, 0.25) is 5.02 Å². The molecule has 1 amide bonds. The van der Waals surface area contributed by atoms with E-state index in [1.54, 1.807) is 36.4 Å². The predicted octanol–water partition coefficient (Wildman–Crippen LogP) is 5.07. The van der Waals surface area contributed by atoms with Crippen LogP contribution in [-0.2, 0) is 4.79 Å². The van der Waals surface area contributed by atoms with E-state index in [2.05, 4.69) is 10.3 Å². The van der Waals surface area contributed by atoms with Gasteiger partial charge in [-0.3, -0.25) is 14.9 Å². The molecule has 1 heterocycles. The van der Waals surface area contributed by atoms with Crippen molar-refractivity contribution in [3.05, 3.63) is 81.9 Å². The van der Waals surface area contributed by atoms with Crippen LogP contribution in [0.25, 0.3) is 22.6 Å². The largest absolute Gasteiger partial charge is 0.484 e. The van der Waals surface area contributed by atoms with Crippen LogP contribution in [0.4, 0.5) is 11.4 Å². The zero-order valence-electron chi connectivity index (χ0n) is 15.4. The Labute approximate surface area is 175 Å². The standard InChI is InChI=1S/C21H14ClN3O5/c22-14-4-9-19-18(11-14)24-21(30-19)13-2-1-3-15(10-13)23-20(26)12-29-17-7-5-16(6-8-17)25(27)28/h1-11H,12H2,(H,23,26). The molecular formula is C21H14ClN3O5. The fraction of sp³-hybridized carbons (Fsp3) is 0.0476. The lowest BCUT2D eigenvalue weighted by molar-refractivity contribution is -0.384. The van der Waals surface area contributed by atoms with Crippen LogP contribution in [-0.4, -0.2) is 22.4 Å². The van der Waals surface area contributed by atoms with E-state index < -0.39 is 4.92 Å². The molecule has 150 valence electrons. The van der Waals surface area contributed by atoms with E-state index in [4.69, 9.17) is 20.8 Å². The number of non-ortho nitro benzene ring substituents is 1. The number of hydrogen-bond acceptors (Lipinski definition) is 6. The summed E-state index contributed by atoms with van der Waals surface area (Å²) in [5.74, 6) is 0.384. The number of fused-ring (bicyclic) bond motifs is 1. The molecule has 8 nitrogen and oxygen atoms in total. The highest BCUT2D eigenvalue weighted by molar-refractivity contribution is 6.31. The smallest absolute Gasteiger partial charge is 0.269 e. The Morgan fingerprint density at radius 3 is 2.70 bits per heavy atom. The second kappa shape index (κ2) is 8.22. The van der Waals surface area contributed by atoms with Gasteiger partial charge in [-0.15, -0.1) is 0 Å². The van der Waals surface area contributed by atoms with Crippen LogP contribution >= 0.6 is 11.6 Å². The van der Waals surface area contributed by atoms with E-state index in [-0.39, 0.29) is 18.2 Å². The highest BCUT2D eigenvalue weighted by atomic mass is 35.5. The van der Waals surface area contributed by atoms with Crippen molar-refractivity contribution in [2.75, 3.05) is 11.9 Å². The number of nitrogens with zero attached hydrogens (tertiary/aromatic N) is 2. The Bertz CT molecular complexity index is 1240. The number of carbonyl (C=O) groups excluding carboxylic acids is 1. The van der Waals surface area contributed by atoms with E-state index in [0.717, 1.165) is 0 Å². The minimum atomic E-state index is -0.505. The SMILES string of the molecule is O=C(COc1ccc([N+](=O)[O-])cc1)Nc1cccc(-c2nc3cc(Cl)ccc3o2)c1. The molecule has 4 aromatic rings. The molecule has 0 unspecified atom stereocenters. The van der Waals surface area contributed by atoms with Crippen LogP contribution in [0.1, 0.15) is 0 Å². The van der Waals surface area contributed by atoms with Crippen LogP contribution in [0.3, 0.4) is 0 Å². The zero-order chi connectivity index (χ0) is 21.1. The van der Waals surface area contributed by atoms with Crippen molar-refractivity contribution in [1.82, 2.24) is 4.98 Å². The molecular weight excluding hydrogens is 410 g/mol. The lowest BCUT2D eigenvalue weighted by atomic mass is 10.2. The van der Waals surface area contributed by atoms with Gasteiger partial charge in [0, 0.05) is 28.4 Å². The summed E-state index contributed by atoms with van der Waals surface area (Å²) in [4.78, 5) is 26.8. The number of nitrogens with one attached hydrogen (secondary N) is 1. The second-order valence-electron chi connectivity index (χ2n) is 6.30. The number of ether oxygens (including phenoxy) is 1. The summed E-state index contributed by atoms with van der Waals surface area (Å²) in [5.41, 5.74) is 2.44. The predicted molar refractivity (Wildman–Crippen MR) is 112 cm³/mol. The van der Waals surface area contributed by atoms with Crippen molar-refractivity contribution in [3.8, 4) is 17.2 Å². The molecule has 1 aromatic heterocycles. The second-order valence-corrected chi connectivity index (χ2v) is 6.74. The third-order valence-corrected chi connectivity index (χ3v) is 4.40. The highest BCUT2D eigenvalue weighted by Crippen LogP contribution is 2.27. The summed E-state index contributed by atoms with van der Waals surface area (Å²) in [5, 5.41) is 14.0. The summed E-state index contributed by atoms with van der Waals surface area (Å²) >= 11 is 5.98. The van der Waals surface area contributed by atoms with E-state index in [9.17, 15) is 14.9 Å². The van der Waals surface area contributed by atoms with Gasteiger partial charge in [0.25, 0.3) is 11.6 Å². The summed E-state index contributed by atoms with van der Waals surface area (Å²) in [7, 11) is 0. The van der Waals surface area contributed by atoms with E-state index >= 15 is 0 Å². The maximum atomic E-state index is 12.2. The number of hydrogen-bond donors (Lipinski definition) is 1. The Morgan fingerprint density at radius 2 is 1.93 bits per heavy atom. The summed E-state index contributed by atoms with van der Waals surface area (Å²) < 4.78 is 11.1. The summed E-state index contributed by atoms with van der Waals surface area (Å²) in [6, 6.07) is 17.7. The fourth-order valence-corrected chi connectivity index (χ4v) is 2.93. The monoisotopic (exact) mass is 423 g/mol.